The van der Waals surface area contributed by atoms with Crippen molar-refractivity contribution in [3.8, 4) is 11.3 Å². The van der Waals surface area contributed by atoms with Crippen LogP contribution in [0.25, 0.3) is 11.3 Å². The Kier molecular flexibility index (Phi) is 5.17. The highest BCUT2D eigenvalue weighted by molar-refractivity contribution is 7.88. The maximum atomic E-state index is 13.0. The quantitative estimate of drug-likeness (QED) is 0.880. The zero-order valence-corrected chi connectivity index (χ0v) is 15.0. The summed E-state index contributed by atoms with van der Waals surface area (Å²) in [5.74, 6) is 0.189. The molecule has 0 aliphatic carbocycles. The largest absolute Gasteiger partial charge is 0.361 e. The van der Waals surface area contributed by atoms with E-state index in [9.17, 15) is 12.8 Å². The number of nitrogens with one attached hydrogen (secondary N) is 1. The highest BCUT2D eigenvalue weighted by Crippen LogP contribution is 2.26. The minimum Gasteiger partial charge on any atom is -0.361 e. The third-order valence-electron chi connectivity index (χ3n) is 4.23. The van der Waals surface area contributed by atoms with Crippen molar-refractivity contribution in [1.29, 1.82) is 0 Å². The van der Waals surface area contributed by atoms with E-state index in [4.69, 9.17) is 0 Å². The number of benzene rings is 1. The van der Waals surface area contributed by atoms with E-state index in [1.807, 2.05) is 5.38 Å². The third-order valence-corrected chi connectivity index (χ3v) is 6.33. The lowest BCUT2D eigenvalue weighted by Crippen LogP contribution is -2.39. The molecule has 2 heterocycles. The van der Waals surface area contributed by atoms with Gasteiger partial charge in [0.05, 0.1) is 11.9 Å². The first-order valence-corrected chi connectivity index (χ1v) is 10.5. The summed E-state index contributed by atoms with van der Waals surface area (Å²) < 4.78 is 37.5. The van der Waals surface area contributed by atoms with Crippen LogP contribution in [0.1, 0.15) is 12.8 Å². The molecule has 130 valence electrons. The molecular formula is C16H20FN3O2S2. The summed E-state index contributed by atoms with van der Waals surface area (Å²) in [6.45, 7) is 1.96. The lowest BCUT2D eigenvalue weighted by molar-refractivity contribution is 0.283. The van der Waals surface area contributed by atoms with Crippen LogP contribution in [0.5, 0.6) is 0 Å². The van der Waals surface area contributed by atoms with E-state index in [2.05, 4.69) is 10.3 Å². The van der Waals surface area contributed by atoms with Crippen molar-refractivity contribution in [2.45, 2.75) is 12.8 Å². The van der Waals surface area contributed by atoms with Crippen LogP contribution in [0.15, 0.2) is 29.6 Å². The second-order valence-electron chi connectivity index (χ2n) is 6.03. The topological polar surface area (TPSA) is 62.3 Å². The molecule has 1 aliphatic rings. The zero-order valence-electron chi connectivity index (χ0n) is 13.4. The molecule has 8 heteroatoms. The fourth-order valence-corrected chi connectivity index (χ4v) is 4.39. The lowest BCUT2D eigenvalue weighted by atomic mass is 9.98. The van der Waals surface area contributed by atoms with Gasteiger partial charge < -0.3 is 5.32 Å². The van der Waals surface area contributed by atoms with Gasteiger partial charge in [0.15, 0.2) is 5.13 Å². The van der Waals surface area contributed by atoms with Gasteiger partial charge in [0.25, 0.3) is 0 Å². The van der Waals surface area contributed by atoms with Gasteiger partial charge in [-0.2, -0.15) is 0 Å². The van der Waals surface area contributed by atoms with Gasteiger partial charge >= 0.3 is 0 Å². The highest BCUT2D eigenvalue weighted by Gasteiger charge is 2.24. The molecule has 1 aromatic carbocycles. The first-order valence-electron chi connectivity index (χ1n) is 7.82. The molecule has 24 heavy (non-hydrogen) atoms. The molecule has 3 rings (SSSR count). The first-order chi connectivity index (χ1) is 11.4. The Bertz CT molecular complexity index is 782. The van der Waals surface area contributed by atoms with Crippen molar-refractivity contribution >= 4 is 26.5 Å². The molecule has 0 unspecified atom stereocenters. The van der Waals surface area contributed by atoms with E-state index in [1.54, 1.807) is 16.4 Å². The van der Waals surface area contributed by atoms with Crippen LogP contribution in [0.2, 0.25) is 0 Å². The number of hydrogen-bond acceptors (Lipinski definition) is 5. The van der Waals surface area contributed by atoms with Crippen LogP contribution in [0.3, 0.4) is 0 Å². The van der Waals surface area contributed by atoms with Gasteiger partial charge in [0.1, 0.15) is 5.82 Å². The molecule has 0 amide bonds. The van der Waals surface area contributed by atoms with E-state index in [0.29, 0.717) is 19.0 Å². The number of rotatable bonds is 5. The monoisotopic (exact) mass is 369 g/mol. The predicted molar refractivity (Wildman–Crippen MR) is 95.1 cm³/mol. The third kappa shape index (κ3) is 4.31. The molecule has 0 radical (unpaired) electrons. The first kappa shape index (κ1) is 17.3. The van der Waals surface area contributed by atoms with Gasteiger partial charge in [0, 0.05) is 30.6 Å². The van der Waals surface area contributed by atoms with Crippen molar-refractivity contribution < 1.29 is 12.8 Å². The molecule has 1 N–H and O–H groups in total. The SMILES string of the molecule is CS(=O)(=O)N1CCC(CNc2nc(-c3ccc(F)cc3)cs2)CC1. The van der Waals surface area contributed by atoms with Gasteiger partial charge in [-0.15, -0.1) is 11.3 Å². The van der Waals surface area contributed by atoms with Gasteiger partial charge in [0.2, 0.25) is 10.0 Å². The van der Waals surface area contributed by atoms with Crippen molar-refractivity contribution in [3.63, 3.8) is 0 Å². The summed E-state index contributed by atoms with van der Waals surface area (Å²) in [6.07, 6.45) is 2.98. The number of hydrogen-bond donors (Lipinski definition) is 1. The van der Waals surface area contributed by atoms with E-state index in [0.717, 1.165) is 35.8 Å². The summed E-state index contributed by atoms with van der Waals surface area (Å²) in [5.41, 5.74) is 1.72. The molecule has 0 bridgehead atoms. The predicted octanol–water partition coefficient (Wildman–Crippen LogP) is 3.03. The fraction of sp³-hybridized carbons (Fsp3) is 0.438. The lowest BCUT2D eigenvalue weighted by Gasteiger charge is -2.30. The maximum absolute atomic E-state index is 13.0. The number of sulfonamides is 1. The van der Waals surface area contributed by atoms with Crippen LogP contribution < -0.4 is 5.32 Å². The average Bonchev–Trinajstić information content (AvgIpc) is 3.02. The molecule has 1 saturated heterocycles. The molecule has 0 saturated carbocycles. The Balaban J connectivity index is 1.52. The van der Waals surface area contributed by atoms with Crippen LogP contribution >= 0.6 is 11.3 Å². The van der Waals surface area contributed by atoms with Gasteiger partial charge in [-0.1, -0.05) is 0 Å². The molecule has 0 atom stereocenters. The van der Waals surface area contributed by atoms with Crippen molar-refractivity contribution in [3.05, 3.63) is 35.5 Å². The highest BCUT2D eigenvalue weighted by atomic mass is 32.2. The van der Waals surface area contributed by atoms with Gasteiger partial charge in [-0.25, -0.2) is 22.1 Å². The Morgan fingerprint density at radius 1 is 1.29 bits per heavy atom. The van der Waals surface area contributed by atoms with Crippen molar-refractivity contribution in [2.75, 3.05) is 31.2 Å². The van der Waals surface area contributed by atoms with Gasteiger partial charge in [-0.05, 0) is 43.0 Å². The molecule has 0 spiro atoms. The second kappa shape index (κ2) is 7.16. The molecule has 1 aromatic heterocycles. The molecule has 5 nitrogen and oxygen atoms in total. The van der Waals surface area contributed by atoms with E-state index in [1.165, 1.54) is 29.7 Å². The Morgan fingerprint density at radius 3 is 2.58 bits per heavy atom. The minimum absolute atomic E-state index is 0.257. The summed E-state index contributed by atoms with van der Waals surface area (Å²) in [6, 6.07) is 6.29. The fourth-order valence-electron chi connectivity index (χ4n) is 2.78. The smallest absolute Gasteiger partial charge is 0.211 e. The van der Waals surface area contributed by atoms with Crippen LogP contribution in [-0.4, -0.2) is 43.6 Å². The Labute approximate surface area is 145 Å². The van der Waals surface area contributed by atoms with E-state index < -0.39 is 10.0 Å². The van der Waals surface area contributed by atoms with E-state index in [-0.39, 0.29) is 5.82 Å². The summed E-state index contributed by atoms with van der Waals surface area (Å²) >= 11 is 1.52. The average molecular weight is 369 g/mol. The standard InChI is InChI=1S/C16H20FN3O2S2/c1-24(21,22)20-8-6-12(7-9-20)10-18-16-19-15(11-23-16)13-2-4-14(17)5-3-13/h2-5,11-12H,6-10H2,1H3,(H,18,19). The van der Waals surface area contributed by atoms with Crippen molar-refractivity contribution in [1.82, 2.24) is 9.29 Å². The summed E-state index contributed by atoms with van der Waals surface area (Å²) in [4.78, 5) is 4.53. The zero-order chi connectivity index (χ0) is 17.2. The normalized spacial score (nSPS) is 17.1. The number of anilines is 1. The van der Waals surface area contributed by atoms with Crippen LogP contribution in [0, 0.1) is 11.7 Å². The second-order valence-corrected chi connectivity index (χ2v) is 8.87. The summed E-state index contributed by atoms with van der Waals surface area (Å²) in [5, 5.41) is 6.11. The van der Waals surface area contributed by atoms with Crippen LogP contribution in [-0.2, 0) is 10.0 Å². The Morgan fingerprint density at radius 2 is 1.96 bits per heavy atom. The minimum atomic E-state index is -3.07. The number of piperidine rings is 1. The molecule has 1 aliphatic heterocycles. The summed E-state index contributed by atoms with van der Waals surface area (Å²) in [7, 11) is -3.07. The number of thiazole rings is 1. The van der Waals surface area contributed by atoms with Crippen LogP contribution in [0.4, 0.5) is 9.52 Å². The number of aromatic nitrogens is 1. The van der Waals surface area contributed by atoms with E-state index >= 15 is 0 Å². The molecule has 1 fully saturated rings. The van der Waals surface area contributed by atoms with Crippen molar-refractivity contribution in [2.24, 2.45) is 5.92 Å². The number of nitrogens with zero attached hydrogens (tertiary/aromatic N) is 2. The number of halogens is 1. The maximum Gasteiger partial charge on any atom is 0.211 e. The van der Waals surface area contributed by atoms with Gasteiger partial charge in [-0.3, -0.25) is 0 Å². The molecular weight excluding hydrogens is 349 g/mol. The molecule has 2 aromatic rings. The Hall–Kier alpha value is -1.51.